The van der Waals surface area contributed by atoms with E-state index in [1.165, 1.54) is 5.56 Å². The molecule has 172 valence electrons. The van der Waals surface area contributed by atoms with E-state index in [9.17, 15) is 4.79 Å². The van der Waals surface area contributed by atoms with Gasteiger partial charge in [-0.2, -0.15) is 5.10 Å². The second kappa shape index (κ2) is 9.99. The van der Waals surface area contributed by atoms with Gasteiger partial charge in [0.05, 0.1) is 18.7 Å². The summed E-state index contributed by atoms with van der Waals surface area (Å²) in [7, 11) is 1.91. The highest BCUT2D eigenvalue weighted by molar-refractivity contribution is 6.02. The van der Waals surface area contributed by atoms with Gasteiger partial charge in [-0.1, -0.05) is 18.2 Å². The van der Waals surface area contributed by atoms with Crippen LogP contribution in [0.4, 0.5) is 5.69 Å². The van der Waals surface area contributed by atoms with Crippen molar-refractivity contribution in [3.63, 3.8) is 0 Å². The monoisotopic (exact) mass is 453 g/mol. The lowest BCUT2D eigenvalue weighted by Crippen LogP contribution is -2.35. The number of benzene rings is 2. The quantitative estimate of drug-likeness (QED) is 0.445. The first kappa shape index (κ1) is 22.0. The first-order valence-corrected chi connectivity index (χ1v) is 11.4. The van der Waals surface area contributed by atoms with Crippen LogP contribution in [0.5, 0.6) is 0 Å². The predicted octanol–water partition coefficient (Wildman–Crippen LogP) is 4.12. The fourth-order valence-electron chi connectivity index (χ4n) is 4.18. The van der Waals surface area contributed by atoms with Gasteiger partial charge in [0.25, 0.3) is 0 Å². The lowest BCUT2D eigenvalue weighted by molar-refractivity contribution is -0.111. The molecule has 4 aromatic rings. The van der Waals surface area contributed by atoms with E-state index in [-0.39, 0.29) is 5.91 Å². The second-order valence-electron chi connectivity index (χ2n) is 8.45. The Balaban J connectivity index is 1.25. The van der Waals surface area contributed by atoms with Crippen molar-refractivity contribution >= 4 is 28.6 Å². The van der Waals surface area contributed by atoms with Crippen LogP contribution in [0.2, 0.25) is 0 Å². The Morgan fingerprint density at radius 1 is 1.12 bits per heavy atom. The summed E-state index contributed by atoms with van der Waals surface area (Å²) < 4.78 is 7.21. The molecule has 2 aromatic carbocycles. The summed E-state index contributed by atoms with van der Waals surface area (Å²) in [6.07, 6.45) is 8.88. The number of ether oxygens (including phenoxy) is 1. The second-order valence-corrected chi connectivity index (χ2v) is 8.45. The van der Waals surface area contributed by atoms with E-state index >= 15 is 0 Å². The molecule has 1 aliphatic rings. The molecule has 1 fully saturated rings. The van der Waals surface area contributed by atoms with Crippen LogP contribution in [0.15, 0.2) is 73.2 Å². The standard InChI is InChI=1S/C27H27N5O2/c1-31-19-23-16-21(4-8-26(23)30-31)25-10-11-28-17-22(25)5-9-27(33)29-24-6-2-20(3-7-24)18-32-12-14-34-15-13-32/h2-11,16-17,19H,12-15,18H2,1H3,(H,29,33)/b9-5+. The Bertz CT molecular complexity index is 1320. The Hall–Kier alpha value is -3.81. The van der Waals surface area contributed by atoms with E-state index in [0.717, 1.165) is 66.1 Å². The van der Waals surface area contributed by atoms with E-state index in [1.807, 2.05) is 43.6 Å². The smallest absolute Gasteiger partial charge is 0.248 e. The summed E-state index contributed by atoms with van der Waals surface area (Å²) in [4.78, 5) is 19.2. The van der Waals surface area contributed by atoms with Crippen LogP contribution in [0.25, 0.3) is 28.1 Å². The van der Waals surface area contributed by atoms with Crippen molar-refractivity contribution in [1.82, 2.24) is 19.7 Å². The number of carbonyl (C=O) groups excluding carboxylic acids is 1. The molecule has 3 heterocycles. The van der Waals surface area contributed by atoms with Crippen molar-refractivity contribution in [1.29, 1.82) is 0 Å². The average molecular weight is 454 g/mol. The molecule has 5 rings (SSSR count). The van der Waals surface area contributed by atoms with Gasteiger partial charge < -0.3 is 10.1 Å². The third kappa shape index (κ3) is 5.22. The van der Waals surface area contributed by atoms with E-state index in [4.69, 9.17) is 4.74 Å². The molecule has 1 aliphatic heterocycles. The molecule has 0 spiro atoms. The molecular formula is C27H27N5O2. The first-order chi connectivity index (χ1) is 16.6. The minimum Gasteiger partial charge on any atom is -0.379 e. The van der Waals surface area contributed by atoms with Crippen LogP contribution in [0, 0.1) is 0 Å². The molecule has 0 radical (unpaired) electrons. The summed E-state index contributed by atoms with van der Waals surface area (Å²) in [6, 6.07) is 16.1. The predicted molar refractivity (Wildman–Crippen MR) is 134 cm³/mol. The Kier molecular flexibility index (Phi) is 6.46. The number of hydrogen-bond donors (Lipinski definition) is 1. The topological polar surface area (TPSA) is 72.3 Å². The highest BCUT2D eigenvalue weighted by Crippen LogP contribution is 2.27. The Labute approximate surface area is 198 Å². The SMILES string of the molecule is Cn1cc2cc(-c3ccncc3/C=C/C(=O)Nc3ccc(CN4CCOCC4)cc3)ccc2n1. The summed E-state index contributed by atoms with van der Waals surface area (Å²) in [5.74, 6) is -0.182. The van der Waals surface area contributed by atoms with Crippen LogP contribution in [0.1, 0.15) is 11.1 Å². The largest absolute Gasteiger partial charge is 0.379 e. The van der Waals surface area contributed by atoms with Crippen LogP contribution >= 0.6 is 0 Å². The fourth-order valence-corrected chi connectivity index (χ4v) is 4.18. The van der Waals surface area contributed by atoms with Gasteiger partial charge in [-0.05, 0) is 53.1 Å². The average Bonchev–Trinajstić information content (AvgIpc) is 3.24. The maximum atomic E-state index is 12.6. The summed E-state index contributed by atoms with van der Waals surface area (Å²) in [5, 5.41) is 8.44. The van der Waals surface area contributed by atoms with Gasteiger partial charge in [0.1, 0.15) is 0 Å². The Morgan fingerprint density at radius 2 is 1.94 bits per heavy atom. The van der Waals surface area contributed by atoms with Gasteiger partial charge in [0.15, 0.2) is 0 Å². The van der Waals surface area contributed by atoms with Gasteiger partial charge in [-0.15, -0.1) is 0 Å². The number of nitrogens with one attached hydrogen (secondary N) is 1. The van der Waals surface area contributed by atoms with Crippen molar-refractivity contribution < 1.29 is 9.53 Å². The van der Waals surface area contributed by atoms with Crippen LogP contribution in [-0.2, 0) is 23.1 Å². The summed E-state index contributed by atoms with van der Waals surface area (Å²) >= 11 is 0. The lowest BCUT2D eigenvalue weighted by Gasteiger charge is -2.26. The van der Waals surface area contributed by atoms with E-state index in [2.05, 4.69) is 38.5 Å². The third-order valence-electron chi connectivity index (χ3n) is 5.93. The molecule has 0 atom stereocenters. The van der Waals surface area contributed by atoms with Crippen molar-refractivity contribution in [3.05, 3.63) is 84.3 Å². The van der Waals surface area contributed by atoms with Crippen LogP contribution in [-0.4, -0.2) is 51.9 Å². The molecule has 34 heavy (non-hydrogen) atoms. The van der Waals surface area contributed by atoms with Crippen molar-refractivity contribution in [3.8, 4) is 11.1 Å². The zero-order chi connectivity index (χ0) is 23.3. The fraction of sp³-hybridized carbons (Fsp3) is 0.222. The number of anilines is 1. The summed E-state index contributed by atoms with van der Waals surface area (Å²) in [6.45, 7) is 4.38. The van der Waals surface area contributed by atoms with Crippen molar-refractivity contribution in [2.75, 3.05) is 31.6 Å². The number of rotatable bonds is 6. The number of amides is 1. The number of carbonyl (C=O) groups is 1. The molecule has 1 saturated heterocycles. The highest BCUT2D eigenvalue weighted by atomic mass is 16.5. The minimum atomic E-state index is -0.182. The number of fused-ring (bicyclic) bond motifs is 1. The first-order valence-electron chi connectivity index (χ1n) is 11.4. The molecule has 0 unspecified atom stereocenters. The maximum Gasteiger partial charge on any atom is 0.248 e. The molecule has 1 amide bonds. The maximum absolute atomic E-state index is 12.6. The third-order valence-corrected chi connectivity index (χ3v) is 5.93. The molecule has 0 bridgehead atoms. The molecule has 7 nitrogen and oxygen atoms in total. The number of aromatic nitrogens is 3. The van der Waals surface area contributed by atoms with Gasteiger partial charge in [-0.25, -0.2) is 0 Å². The zero-order valence-electron chi connectivity index (χ0n) is 19.1. The van der Waals surface area contributed by atoms with Gasteiger partial charge in [-0.3, -0.25) is 19.4 Å². The molecule has 0 aliphatic carbocycles. The molecule has 2 aromatic heterocycles. The lowest BCUT2D eigenvalue weighted by atomic mass is 10.0. The number of nitrogens with zero attached hydrogens (tertiary/aromatic N) is 4. The van der Waals surface area contributed by atoms with E-state index < -0.39 is 0 Å². The van der Waals surface area contributed by atoms with Crippen LogP contribution < -0.4 is 5.32 Å². The van der Waals surface area contributed by atoms with E-state index in [0.29, 0.717) is 0 Å². The van der Waals surface area contributed by atoms with Gasteiger partial charge in [0.2, 0.25) is 5.91 Å². The number of aryl methyl sites for hydroxylation is 1. The minimum absolute atomic E-state index is 0.182. The van der Waals surface area contributed by atoms with Crippen molar-refractivity contribution in [2.45, 2.75) is 6.54 Å². The normalized spacial score (nSPS) is 14.6. The van der Waals surface area contributed by atoms with Gasteiger partial charge >= 0.3 is 0 Å². The molecular weight excluding hydrogens is 426 g/mol. The summed E-state index contributed by atoms with van der Waals surface area (Å²) in [5.41, 5.74) is 5.89. The van der Waals surface area contributed by atoms with E-state index in [1.54, 1.807) is 29.2 Å². The highest BCUT2D eigenvalue weighted by Gasteiger charge is 2.11. The Morgan fingerprint density at radius 3 is 2.76 bits per heavy atom. The molecule has 0 saturated carbocycles. The molecule has 7 heteroatoms. The number of morpholine rings is 1. The number of hydrogen-bond acceptors (Lipinski definition) is 5. The molecule has 1 N–H and O–H groups in total. The zero-order valence-corrected chi connectivity index (χ0v) is 19.1. The van der Waals surface area contributed by atoms with Crippen LogP contribution in [0.3, 0.4) is 0 Å². The van der Waals surface area contributed by atoms with Crippen molar-refractivity contribution in [2.24, 2.45) is 7.05 Å². The number of pyridine rings is 1. The van der Waals surface area contributed by atoms with Gasteiger partial charge in [0, 0.05) is 68.0 Å².